The first kappa shape index (κ1) is 15.7. The highest BCUT2D eigenvalue weighted by Crippen LogP contribution is 2.33. The van der Waals surface area contributed by atoms with Crippen LogP contribution in [0.15, 0.2) is 6.33 Å². The predicted octanol–water partition coefficient (Wildman–Crippen LogP) is 0.404. The highest BCUT2D eigenvalue weighted by Gasteiger charge is 2.44. The first-order valence-corrected chi connectivity index (χ1v) is 7.50. The molecular formula is C12H15Cl2N5O3. The van der Waals surface area contributed by atoms with E-state index in [2.05, 4.69) is 15.0 Å². The molecule has 4 atom stereocenters. The number of imidazole rings is 1. The second-order valence-electron chi connectivity index (χ2n) is 5.24. The van der Waals surface area contributed by atoms with E-state index in [0.717, 1.165) is 0 Å². The topological polar surface area (TPSA) is 96.5 Å². The third-order valence-corrected chi connectivity index (χ3v) is 4.04. The van der Waals surface area contributed by atoms with Crippen molar-refractivity contribution in [2.45, 2.75) is 24.5 Å². The quantitative estimate of drug-likeness (QED) is 0.612. The highest BCUT2D eigenvalue weighted by atomic mass is 35.5. The van der Waals surface area contributed by atoms with E-state index in [0.29, 0.717) is 17.0 Å². The molecule has 10 heteroatoms. The molecule has 2 aromatic rings. The molecule has 1 aliphatic heterocycles. The van der Waals surface area contributed by atoms with Crippen molar-refractivity contribution in [3.63, 3.8) is 0 Å². The lowest BCUT2D eigenvalue weighted by Gasteiger charge is -2.17. The Morgan fingerprint density at radius 1 is 1.32 bits per heavy atom. The average molecular weight is 348 g/mol. The third kappa shape index (κ3) is 2.40. The van der Waals surface area contributed by atoms with Crippen LogP contribution < -0.4 is 4.90 Å². The van der Waals surface area contributed by atoms with Gasteiger partial charge in [0.1, 0.15) is 18.3 Å². The molecule has 3 rings (SSSR count). The molecule has 1 fully saturated rings. The summed E-state index contributed by atoms with van der Waals surface area (Å²) in [4.78, 5) is 14.3. The maximum atomic E-state index is 10.2. The highest BCUT2D eigenvalue weighted by molar-refractivity contribution is 6.28. The van der Waals surface area contributed by atoms with Crippen molar-refractivity contribution in [1.29, 1.82) is 0 Å². The van der Waals surface area contributed by atoms with Crippen LogP contribution in [0.5, 0.6) is 0 Å². The van der Waals surface area contributed by atoms with E-state index in [4.69, 9.17) is 27.9 Å². The van der Waals surface area contributed by atoms with Crippen molar-refractivity contribution in [3.05, 3.63) is 11.6 Å². The SMILES string of the molecule is CN(C)c1nc(Cl)nc2c1ncn2[C@@H]1O[C@H](CCl)[C@@H](O)[C@H]1O. The van der Waals surface area contributed by atoms with E-state index in [1.807, 2.05) is 14.1 Å². The van der Waals surface area contributed by atoms with Crippen molar-refractivity contribution < 1.29 is 14.9 Å². The summed E-state index contributed by atoms with van der Waals surface area (Å²) in [6, 6.07) is 0. The zero-order chi connectivity index (χ0) is 16.0. The van der Waals surface area contributed by atoms with E-state index in [-0.39, 0.29) is 11.2 Å². The van der Waals surface area contributed by atoms with Crippen LogP contribution in [0.4, 0.5) is 5.82 Å². The molecule has 0 saturated carbocycles. The number of alkyl halides is 1. The number of anilines is 1. The van der Waals surface area contributed by atoms with Gasteiger partial charge in [-0.2, -0.15) is 9.97 Å². The van der Waals surface area contributed by atoms with E-state index in [9.17, 15) is 10.2 Å². The van der Waals surface area contributed by atoms with Crippen LogP contribution in [0.2, 0.25) is 5.28 Å². The Hall–Kier alpha value is -1.19. The molecule has 0 amide bonds. The van der Waals surface area contributed by atoms with Gasteiger partial charge in [0.05, 0.1) is 12.2 Å². The van der Waals surface area contributed by atoms with Crippen molar-refractivity contribution in [3.8, 4) is 0 Å². The zero-order valence-electron chi connectivity index (χ0n) is 11.9. The Morgan fingerprint density at radius 2 is 2.05 bits per heavy atom. The second kappa shape index (κ2) is 5.78. The molecule has 0 radical (unpaired) electrons. The molecule has 0 spiro atoms. The number of aliphatic hydroxyl groups is 2. The first-order chi connectivity index (χ1) is 10.4. The van der Waals surface area contributed by atoms with Crippen molar-refractivity contribution in [1.82, 2.24) is 19.5 Å². The van der Waals surface area contributed by atoms with Crippen molar-refractivity contribution in [2.75, 3.05) is 24.9 Å². The van der Waals surface area contributed by atoms with Crippen molar-refractivity contribution in [2.24, 2.45) is 0 Å². The summed E-state index contributed by atoms with van der Waals surface area (Å²) in [6.07, 6.45) is -2.25. The molecule has 2 N–H and O–H groups in total. The predicted molar refractivity (Wildman–Crippen MR) is 81.3 cm³/mol. The molecule has 22 heavy (non-hydrogen) atoms. The van der Waals surface area contributed by atoms with Crippen LogP contribution in [0, 0.1) is 0 Å². The van der Waals surface area contributed by atoms with Gasteiger partial charge in [-0.25, -0.2) is 4.98 Å². The van der Waals surface area contributed by atoms with Gasteiger partial charge in [0.2, 0.25) is 5.28 Å². The van der Waals surface area contributed by atoms with Gasteiger partial charge in [0, 0.05) is 14.1 Å². The molecule has 0 bridgehead atoms. The summed E-state index contributed by atoms with van der Waals surface area (Å²) >= 11 is 11.7. The van der Waals surface area contributed by atoms with Gasteiger partial charge in [-0.1, -0.05) is 0 Å². The first-order valence-electron chi connectivity index (χ1n) is 6.59. The number of fused-ring (bicyclic) bond motifs is 1. The normalized spacial score (nSPS) is 28.5. The van der Waals surface area contributed by atoms with Crippen LogP contribution in [0.1, 0.15) is 6.23 Å². The van der Waals surface area contributed by atoms with E-state index in [1.54, 1.807) is 4.90 Å². The lowest BCUT2D eigenvalue weighted by atomic mass is 10.1. The minimum Gasteiger partial charge on any atom is -0.387 e. The lowest BCUT2D eigenvalue weighted by molar-refractivity contribution is -0.0291. The van der Waals surface area contributed by atoms with Crippen LogP contribution in [-0.4, -0.2) is 68.0 Å². The number of nitrogens with zero attached hydrogens (tertiary/aromatic N) is 5. The maximum Gasteiger partial charge on any atom is 0.226 e. The standard InChI is InChI=1S/C12H15Cl2N5O3/c1-18(2)9-6-10(17-12(14)16-9)19(4-15-6)11-8(21)7(20)5(3-13)22-11/h4-5,7-8,11,20-21H,3H2,1-2H3/t5-,7-,8-,11-/m1/s1. The Balaban J connectivity index is 2.09. The zero-order valence-corrected chi connectivity index (χ0v) is 13.4. The fraction of sp³-hybridized carbons (Fsp3) is 0.583. The molecule has 120 valence electrons. The minimum absolute atomic E-state index is 0.0554. The fourth-order valence-corrected chi connectivity index (χ4v) is 2.88. The summed E-state index contributed by atoms with van der Waals surface area (Å²) < 4.78 is 7.13. The van der Waals surface area contributed by atoms with Gasteiger partial charge < -0.3 is 19.8 Å². The number of ether oxygens (including phenoxy) is 1. The van der Waals surface area contributed by atoms with Crippen LogP contribution in [0.3, 0.4) is 0 Å². The molecule has 0 unspecified atom stereocenters. The summed E-state index contributed by atoms with van der Waals surface area (Å²) in [7, 11) is 3.62. The Bertz CT molecular complexity index is 695. The van der Waals surface area contributed by atoms with E-state index >= 15 is 0 Å². The Kier molecular flexibility index (Phi) is 4.13. The molecular weight excluding hydrogens is 333 g/mol. The van der Waals surface area contributed by atoms with E-state index in [1.165, 1.54) is 10.9 Å². The minimum atomic E-state index is -1.14. The lowest BCUT2D eigenvalue weighted by Crippen LogP contribution is -2.32. The molecule has 1 saturated heterocycles. The van der Waals surface area contributed by atoms with Crippen LogP contribution in [-0.2, 0) is 4.74 Å². The smallest absolute Gasteiger partial charge is 0.226 e. The number of aromatic nitrogens is 4. The third-order valence-electron chi connectivity index (χ3n) is 3.56. The number of aliphatic hydroxyl groups excluding tert-OH is 2. The van der Waals surface area contributed by atoms with Crippen molar-refractivity contribution >= 4 is 40.2 Å². The van der Waals surface area contributed by atoms with Gasteiger partial charge >= 0.3 is 0 Å². The fourth-order valence-electron chi connectivity index (χ4n) is 2.46. The Morgan fingerprint density at radius 3 is 2.64 bits per heavy atom. The molecule has 0 aliphatic carbocycles. The maximum absolute atomic E-state index is 10.2. The molecule has 3 heterocycles. The molecule has 8 nitrogen and oxygen atoms in total. The number of halogens is 2. The van der Waals surface area contributed by atoms with Gasteiger partial charge in [-0.15, -0.1) is 11.6 Å². The van der Waals surface area contributed by atoms with Crippen LogP contribution in [0.25, 0.3) is 11.2 Å². The molecule has 1 aliphatic rings. The Labute approximate surface area is 136 Å². The number of hydrogen-bond donors (Lipinski definition) is 2. The molecule has 2 aromatic heterocycles. The van der Waals surface area contributed by atoms with Gasteiger partial charge in [0.15, 0.2) is 23.2 Å². The summed E-state index contributed by atoms with van der Waals surface area (Å²) in [5.74, 6) is 0.621. The van der Waals surface area contributed by atoms with Gasteiger partial charge in [-0.05, 0) is 11.6 Å². The average Bonchev–Trinajstić information content (AvgIpc) is 3.00. The monoisotopic (exact) mass is 347 g/mol. The van der Waals surface area contributed by atoms with Gasteiger partial charge in [-0.3, -0.25) is 4.57 Å². The number of hydrogen-bond acceptors (Lipinski definition) is 7. The summed E-state index contributed by atoms with van der Waals surface area (Å²) in [6.45, 7) is 0. The molecule has 0 aromatic carbocycles. The van der Waals surface area contributed by atoms with Gasteiger partial charge in [0.25, 0.3) is 0 Å². The largest absolute Gasteiger partial charge is 0.387 e. The number of rotatable bonds is 3. The summed E-state index contributed by atoms with van der Waals surface area (Å²) in [5, 5.41) is 20.2. The van der Waals surface area contributed by atoms with Crippen LogP contribution >= 0.6 is 23.2 Å². The van der Waals surface area contributed by atoms with E-state index < -0.39 is 24.5 Å². The summed E-state index contributed by atoms with van der Waals surface area (Å²) in [5.41, 5.74) is 0.934. The second-order valence-corrected chi connectivity index (χ2v) is 5.88.